The quantitative estimate of drug-likeness (QED) is 0.772. The number of hydrogen-bond donors (Lipinski definition) is 0. The molecule has 0 spiro atoms. The van der Waals surface area contributed by atoms with Crippen molar-refractivity contribution in [2.45, 2.75) is 24.2 Å². The van der Waals surface area contributed by atoms with Crippen molar-refractivity contribution in [3.05, 3.63) is 51.5 Å². The molecule has 0 atom stereocenters. The third-order valence-corrected chi connectivity index (χ3v) is 6.65. The number of rotatable bonds is 5. The van der Waals surface area contributed by atoms with Gasteiger partial charge in [-0.15, -0.1) is 22.9 Å². The Kier molecular flexibility index (Phi) is 5.03. The van der Waals surface area contributed by atoms with Crippen molar-refractivity contribution >= 4 is 33.0 Å². The standard InChI is InChI=1S/C14H15ClFNO2S2/c1-10-14(7-12(8-15)20-10)21(18,19)17(2)9-11-5-3-4-6-13(11)16/h3-7H,8-9H2,1-2H3. The zero-order valence-corrected chi connectivity index (χ0v) is 14.0. The molecule has 0 saturated heterocycles. The molecule has 21 heavy (non-hydrogen) atoms. The second-order valence-electron chi connectivity index (χ2n) is 4.62. The van der Waals surface area contributed by atoms with Crippen LogP contribution in [0.3, 0.4) is 0 Å². The van der Waals surface area contributed by atoms with Crippen LogP contribution in [0.15, 0.2) is 35.2 Å². The maximum atomic E-state index is 13.6. The van der Waals surface area contributed by atoms with Crippen LogP contribution in [0.4, 0.5) is 4.39 Å². The predicted molar refractivity (Wildman–Crippen MR) is 83.7 cm³/mol. The van der Waals surface area contributed by atoms with Crippen molar-refractivity contribution in [2.75, 3.05) is 7.05 Å². The molecule has 0 saturated carbocycles. The largest absolute Gasteiger partial charge is 0.244 e. The lowest BCUT2D eigenvalue weighted by molar-refractivity contribution is 0.456. The summed E-state index contributed by atoms with van der Waals surface area (Å²) >= 11 is 7.10. The molecule has 0 N–H and O–H groups in total. The smallest absolute Gasteiger partial charge is 0.207 e. The summed E-state index contributed by atoms with van der Waals surface area (Å²) in [7, 11) is -2.21. The van der Waals surface area contributed by atoms with E-state index < -0.39 is 15.8 Å². The van der Waals surface area contributed by atoms with E-state index in [0.717, 1.165) is 9.18 Å². The van der Waals surface area contributed by atoms with Gasteiger partial charge in [0.2, 0.25) is 10.0 Å². The molecule has 2 rings (SSSR count). The number of alkyl halides is 1. The van der Waals surface area contributed by atoms with Crippen molar-refractivity contribution < 1.29 is 12.8 Å². The Morgan fingerprint density at radius 1 is 1.33 bits per heavy atom. The van der Waals surface area contributed by atoms with Gasteiger partial charge in [-0.2, -0.15) is 4.31 Å². The van der Waals surface area contributed by atoms with E-state index in [4.69, 9.17) is 11.6 Å². The highest BCUT2D eigenvalue weighted by atomic mass is 35.5. The van der Waals surface area contributed by atoms with Crippen molar-refractivity contribution in [1.82, 2.24) is 4.31 Å². The number of aryl methyl sites for hydroxylation is 1. The first kappa shape index (κ1) is 16.4. The summed E-state index contributed by atoms with van der Waals surface area (Å²) in [6, 6.07) is 7.73. The summed E-state index contributed by atoms with van der Waals surface area (Å²) in [5.41, 5.74) is 0.342. The lowest BCUT2D eigenvalue weighted by atomic mass is 10.2. The fourth-order valence-electron chi connectivity index (χ4n) is 1.97. The average molecular weight is 348 g/mol. The molecule has 0 bridgehead atoms. The van der Waals surface area contributed by atoms with Gasteiger partial charge in [-0.25, -0.2) is 12.8 Å². The molecule has 0 aliphatic carbocycles. The van der Waals surface area contributed by atoms with Crippen LogP contribution in [0.5, 0.6) is 0 Å². The Hall–Kier alpha value is -0.950. The molecule has 7 heteroatoms. The van der Waals surface area contributed by atoms with Crippen LogP contribution in [0, 0.1) is 12.7 Å². The molecule has 0 radical (unpaired) electrons. The molecule has 1 heterocycles. The molecular formula is C14H15ClFNO2S2. The third-order valence-electron chi connectivity index (χ3n) is 3.09. The fourth-order valence-corrected chi connectivity index (χ4v) is 4.81. The summed E-state index contributed by atoms with van der Waals surface area (Å²) in [4.78, 5) is 1.72. The first-order chi connectivity index (χ1) is 9.86. The van der Waals surface area contributed by atoms with E-state index in [1.54, 1.807) is 31.2 Å². The van der Waals surface area contributed by atoms with Crippen molar-refractivity contribution in [2.24, 2.45) is 0 Å². The van der Waals surface area contributed by atoms with Crippen molar-refractivity contribution in [1.29, 1.82) is 0 Å². The van der Waals surface area contributed by atoms with E-state index in [1.165, 1.54) is 24.5 Å². The van der Waals surface area contributed by atoms with Crippen LogP contribution in [-0.4, -0.2) is 19.8 Å². The summed E-state index contributed by atoms with van der Waals surface area (Å²) in [6.07, 6.45) is 0. The number of nitrogens with zero attached hydrogens (tertiary/aromatic N) is 1. The van der Waals surface area contributed by atoms with Crippen LogP contribution < -0.4 is 0 Å². The van der Waals surface area contributed by atoms with Gasteiger partial charge in [0.1, 0.15) is 5.82 Å². The zero-order valence-electron chi connectivity index (χ0n) is 11.6. The van der Waals surface area contributed by atoms with E-state index in [2.05, 4.69) is 0 Å². The molecule has 1 aromatic heterocycles. The van der Waals surface area contributed by atoms with Crippen LogP contribution >= 0.6 is 22.9 Å². The summed E-state index contributed by atoms with van der Waals surface area (Å²) in [5, 5.41) is 0. The van der Waals surface area contributed by atoms with Gasteiger partial charge in [-0.1, -0.05) is 18.2 Å². The van der Waals surface area contributed by atoms with Gasteiger partial charge in [0, 0.05) is 28.9 Å². The molecule has 1 aromatic carbocycles. The average Bonchev–Trinajstić information content (AvgIpc) is 2.83. The van der Waals surface area contributed by atoms with E-state index in [9.17, 15) is 12.8 Å². The number of hydrogen-bond acceptors (Lipinski definition) is 3. The maximum Gasteiger partial charge on any atom is 0.244 e. The predicted octanol–water partition coefficient (Wildman–Crippen LogP) is 3.76. The third kappa shape index (κ3) is 3.45. The van der Waals surface area contributed by atoms with E-state index >= 15 is 0 Å². The Morgan fingerprint density at radius 3 is 2.57 bits per heavy atom. The molecule has 2 aromatic rings. The lowest BCUT2D eigenvalue weighted by Gasteiger charge is -2.17. The first-order valence-corrected chi connectivity index (χ1v) is 9.00. The highest BCUT2D eigenvalue weighted by molar-refractivity contribution is 7.89. The minimum absolute atomic E-state index is 0.0134. The Bertz CT molecular complexity index is 743. The van der Waals surface area contributed by atoms with E-state index in [0.29, 0.717) is 10.4 Å². The highest BCUT2D eigenvalue weighted by Gasteiger charge is 2.25. The number of halogens is 2. The van der Waals surface area contributed by atoms with Gasteiger partial charge in [-0.3, -0.25) is 0 Å². The van der Waals surface area contributed by atoms with Crippen molar-refractivity contribution in [3.63, 3.8) is 0 Å². The molecule has 3 nitrogen and oxygen atoms in total. The second-order valence-corrected chi connectivity index (χ2v) is 8.24. The van der Waals surface area contributed by atoms with E-state index in [1.807, 2.05) is 0 Å². The fraction of sp³-hybridized carbons (Fsp3) is 0.286. The Morgan fingerprint density at radius 2 is 2.00 bits per heavy atom. The zero-order chi connectivity index (χ0) is 15.6. The molecule has 114 valence electrons. The number of benzene rings is 1. The van der Waals surface area contributed by atoms with Crippen molar-refractivity contribution in [3.8, 4) is 0 Å². The van der Waals surface area contributed by atoms with Crippen LogP contribution in [0.1, 0.15) is 15.3 Å². The molecule has 0 unspecified atom stereocenters. The number of sulfonamides is 1. The van der Waals surface area contributed by atoms with Gasteiger partial charge in [0.25, 0.3) is 0 Å². The van der Waals surface area contributed by atoms with Crippen LogP contribution in [0.25, 0.3) is 0 Å². The van der Waals surface area contributed by atoms with Gasteiger partial charge >= 0.3 is 0 Å². The molecular weight excluding hydrogens is 333 g/mol. The normalized spacial score (nSPS) is 12.0. The minimum atomic E-state index is -3.66. The monoisotopic (exact) mass is 347 g/mol. The maximum absolute atomic E-state index is 13.6. The molecule has 0 fully saturated rings. The number of thiophene rings is 1. The van der Waals surface area contributed by atoms with Gasteiger partial charge in [0.15, 0.2) is 0 Å². The topological polar surface area (TPSA) is 37.4 Å². The van der Waals surface area contributed by atoms with Gasteiger partial charge in [-0.05, 0) is 19.1 Å². The highest BCUT2D eigenvalue weighted by Crippen LogP contribution is 2.29. The van der Waals surface area contributed by atoms with Gasteiger partial charge in [0.05, 0.1) is 10.8 Å². The Labute approximate surface area is 133 Å². The molecule has 0 aliphatic rings. The first-order valence-electron chi connectivity index (χ1n) is 6.21. The summed E-state index contributed by atoms with van der Waals surface area (Å²) in [6.45, 7) is 1.73. The minimum Gasteiger partial charge on any atom is -0.207 e. The van der Waals surface area contributed by atoms with Crippen LogP contribution in [0.2, 0.25) is 0 Å². The van der Waals surface area contributed by atoms with E-state index in [-0.39, 0.29) is 17.3 Å². The molecule has 0 aliphatic heterocycles. The Balaban J connectivity index is 2.30. The summed E-state index contributed by atoms with van der Waals surface area (Å²) in [5.74, 6) is -0.138. The van der Waals surface area contributed by atoms with Gasteiger partial charge < -0.3 is 0 Å². The second kappa shape index (κ2) is 6.44. The summed E-state index contributed by atoms with van der Waals surface area (Å²) < 4.78 is 39.9. The molecule has 0 amide bonds. The lowest BCUT2D eigenvalue weighted by Crippen LogP contribution is -2.27. The van der Waals surface area contributed by atoms with Crippen LogP contribution in [-0.2, 0) is 22.4 Å². The SMILES string of the molecule is Cc1sc(CCl)cc1S(=O)(=O)N(C)Cc1ccccc1F.